The van der Waals surface area contributed by atoms with E-state index in [4.69, 9.17) is 0 Å². The number of fused-ring (bicyclic) bond motifs is 1. The summed E-state index contributed by atoms with van der Waals surface area (Å²) < 4.78 is 0. The van der Waals surface area contributed by atoms with Crippen LogP contribution in [0, 0.1) is 11.3 Å². The summed E-state index contributed by atoms with van der Waals surface area (Å²) in [6, 6.07) is 0. The number of carbonyl (C=O) groups is 2. The van der Waals surface area contributed by atoms with Gasteiger partial charge in [0.2, 0.25) is 0 Å². The van der Waals surface area contributed by atoms with Gasteiger partial charge >= 0.3 is 0 Å². The van der Waals surface area contributed by atoms with E-state index < -0.39 is 5.41 Å². The lowest BCUT2D eigenvalue weighted by Gasteiger charge is -2.44. The minimum Gasteiger partial charge on any atom is -0.299 e. The summed E-state index contributed by atoms with van der Waals surface area (Å²) in [5.74, 6) is 0.844. The Hall–Kier alpha value is -0.660. The van der Waals surface area contributed by atoms with Crippen molar-refractivity contribution in [2.75, 3.05) is 0 Å². The summed E-state index contributed by atoms with van der Waals surface area (Å²) in [6.07, 6.45) is 6.18. The minimum absolute atomic E-state index is 0.237. The van der Waals surface area contributed by atoms with E-state index >= 15 is 0 Å². The van der Waals surface area contributed by atoms with E-state index in [1.54, 1.807) is 0 Å². The lowest BCUT2D eigenvalue weighted by Crippen LogP contribution is -2.49. The Morgan fingerprint density at radius 1 is 1.14 bits per heavy atom. The van der Waals surface area contributed by atoms with Crippen LogP contribution in [0.15, 0.2) is 0 Å². The zero-order valence-electron chi connectivity index (χ0n) is 8.84. The highest BCUT2D eigenvalue weighted by atomic mass is 16.2. The van der Waals surface area contributed by atoms with Crippen molar-refractivity contribution in [3.8, 4) is 0 Å². The highest BCUT2D eigenvalue weighted by molar-refractivity contribution is 6.08. The Bertz CT molecular complexity index is 245. The maximum absolute atomic E-state index is 12.0. The van der Waals surface area contributed by atoms with Gasteiger partial charge in [-0.2, -0.15) is 0 Å². The van der Waals surface area contributed by atoms with Crippen molar-refractivity contribution in [3.05, 3.63) is 0 Å². The molecule has 0 amide bonds. The molecule has 0 saturated heterocycles. The zero-order chi connectivity index (χ0) is 10.2. The van der Waals surface area contributed by atoms with Crippen molar-refractivity contribution >= 4 is 11.6 Å². The first-order chi connectivity index (χ1) is 6.71. The average Bonchev–Trinajstić information content (AvgIpc) is 2.19. The number of ketones is 2. The smallest absolute Gasteiger partial charge is 0.146 e. The van der Waals surface area contributed by atoms with Gasteiger partial charge in [-0.15, -0.1) is 0 Å². The molecular formula is C12H18O2. The van der Waals surface area contributed by atoms with Gasteiger partial charge in [0, 0.05) is 12.8 Å². The van der Waals surface area contributed by atoms with Crippen molar-refractivity contribution in [1.29, 1.82) is 0 Å². The van der Waals surface area contributed by atoms with Crippen LogP contribution in [0.1, 0.15) is 51.9 Å². The minimum atomic E-state index is -0.545. The third-order valence-electron chi connectivity index (χ3n) is 4.16. The quantitative estimate of drug-likeness (QED) is 0.601. The maximum atomic E-state index is 12.0. The SMILES string of the molecule is CCC12C(=O)CCCC1CCCC2=O. The largest absolute Gasteiger partial charge is 0.299 e. The summed E-state index contributed by atoms with van der Waals surface area (Å²) >= 11 is 0. The van der Waals surface area contributed by atoms with Crippen LogP contribution in [0.25, 0.3) is 0 Å². The first-order valence-electron chi connectivity index (χ1n) is 5.78. The molecule has 0 N–H and O–H groups in total. The van der Waals surface area contributed by atoms with Crippen molar-refractivity contribution in [2.45, 2.75) is 51.9 Å². The fraction of sp³-hybridized carbons (Fsp3) is 0.833. The van der Waals surface area contributed by atoms with Crippen LogP contribution in [0.2, 0.25) is 0 Å². The van der Waals surface area contributed by atoms with Gasteiger partial charge in [-0.05, 0) is 38.0 Å². The predicted octanol–water partition coefficient (Wildman–Crippen LogP) is 2.51. The highest BCUT2D eigenvalue weighted by Gasteiger charge is 2.52. The van der Waals surface area contributed by atoms with Crippen molar-refractivity contribution in [3.63, 3.8) is 0 Å². The summed E-state index contributed by atoms with van der Waals surface area (Å²) in [5.41, 5.74) is -0.545. The molecule has 2 heteroatoms. The Kier molecular flexibility index (Phi) is 2.46. The summed E-state index contributed by atoms with van der Waals surface area (Å²) in [6.45, 7) is 2.00. The Labute approximate surface area is 85.1 Å². The van der Waals surface area contributed by atoms with E-state index in [2.05, 4.69) is 0 Å². The van der Waals surface area contributed by atoms with Crippen LogP contribution in [-0.4, -0.2) is 11.6 Å². The van der Waals surface area contributed by atoms with Gasteiger partial charge in [0.05, 0.1) is 5.41 Å². The van der Waals surface area contributed by atoms with Crippen molar-refractivity contribution in [1.82, 2.24) is 0 Å². The Balaban J connectivity index is 2.36. The molecule has 0 unspecified atom stereocenters. The van der Waals surface area contributed by atoms with Crippen LogP contribution in [0.5, 0.6) is 0 Å². The second-order valence-electron chi connectivity index (χ2n) is 4.65. The molecule has 0 aromatic carbocycles. The Morgan fingerprint density at radius 3 is 2.00 bits per heavy atom. The Morgan fingerprint density at radius 2 is 1.64 bits per heavy atom. The first-order valence-corrected chi connectivity index (χ1v) is 5.78. The molecule has 14 heavy (non-hydrogen) atoms. The molecule has 0 heterocycles. The van der Waals surface area contributed by atoms with Gasteiger partial charge in [0.1, 0.15) is 11.6 Å². The molecule has 78 valence electrons. The van der Waals surface area contributed by atoms with Crippen LogP contribution >= 0.6 is 0 Å². The molecule has 0 spiro atoms. The fourth-order valence-electron chi connectivity index (χ4n) is 3.40. The molecular weight excluding hydrogens is 176 g/mol. The van der Waals surface area contributed by atoms with Gasteiger partial charge in [0.25, 0.3) is 0 Å². The number of hydrogen-bond acceptors (Lipinski definition) is 2. The van der Waals surface area contributed by atoms with E-state index in [1.807, 2.05) is 6.92 Å². The van der Waals surface area contributed by atoms with E-state index in [-0.39, 0.29) is 11.6 Å². The van der Waals surface area contributed by atoms with Crippen LogP contribution in [0.4, 0.5) is 0 Å². The van der Waals surface area contributed by atoms with E-state index in [1.165, 1.54) is 0 Å². The van der Waals surface area contributed by atoms with Crippen molar-refractivity contribution < 1.29 is 9.59 Å². The fourth-order valence-corrected chi connectivity index (χ4v) is 3.40. The van der Waals surface area contributed by atoms with Gasteiger partial charge < -0.3 is 0 Å². The first kappa shape index (κ1) is 9.88. The average molecular weight is 194 g/mol. The van der Waals surface area contributed by atoms with E-state index in [0.717, 1.165) is 32.1 Å². The molecule has 0 atom stereocenters. The number of hydrogen-bond donors (Lipinski definition) is 0. The second-order valence-corrected chi connectivity index (χ2v) is 4.65. The molecule has 0 radical (unpaired) electrons. The molecule has 2 nitrogen and oxygen atoms in total. The van der Waals surface area contributed by atoms with Gasteiger partial charge in [0.15, 0.2) is 0 Å². The van der Waals surface area contributed by atoms with Crippen LogP contribution < -0.4 is 0 Å². The monoisotopic (exact) mass is 194 g/mol. The molecule has 0 aromatic heterocycles. The maximum Gasteiger partial charge on any atom is 0.146 e. The molecule has 2 rings (SSSR count). The molecule has 0 bridgehead atoms. The lowest BCUT2D eigenvalue weighted by molar-refractivity contribution is -0.151. The summed E-state index contributed by atoms with van der Waals surface area (Å²) in [5, 5.41) is 0. The van der Waals surface area contributed by atoms with E-state index in [9.17, 15) is 9.59 Å². The zero-order valence-corrected chi connectivity index (χ0v) is 8.84. The van der Waals surface area contributed by atoms with Crippen LogP contribution in [0.3, 0.4) is 0 Å². The van der Waals surface area contributed by atoms with Crippen molar-refractivity contribution in [2.24, 2.45) is 11.3 Å². The third-order valence-corrected chi connectivity index (χ3v) is 4.16. The molecule has 2 saturated carbocycles. The molecule has 2 aliphatic carbocycles. The van der Waals surface area contributed by atoms with Gasteiger partial charge in [-0.25, -0.2) is 0 Å². The van der Waals surface area contributed by atoms with E-state index in [0.29, 0.717) is 18.8 Å². The summed E-state index contributed by atoms with van der Waals surface area (Å²) in [4.78, 5) is 23.9. The third kappa shape index (κ3) is 1.16. The molecule has 2 fully saturated rings. The number of Topliss-reactive ketones (excluding diaryl/α,β-unsaturated/α-hetero) is 2. The lowest BCUT2D eigenvalue weighted by atomic mass is 9.57. The van der Waals surface area contributed by atoms with Crippen LogP contribution in [-0.2, 0) is 9.59 Å². The van der Waals surface area contributed by atoms with Gasteiger partial charge in [-0.3, -0.25) is 9.59 Å². The molecule has 0 aromatic rings. The number of rotatable bonds is 1. The second kappa shape index (κ2) is 3.48. The van der Waals surface area contributed by atoms with Gasteiger partial charge in [-0.1, -0.05) is 6.92 Å². The summed E-state index contributed by atoms with van der Waals surface area (Å²) in [7, 11) is 0. The molecule has 2 aliphatic rings. The molecule has 0 aliphatic heterocycles. The standard InChI is InChI=1S/C12H18O2/c1-2-12-9(5-3-7-10(12)13)6-4-8-11(12)14/h9H,2-8H2,1H3. The topological polar surface area (TPSA) is 34.1 Å². The highest BCUT2D eigenvalue weighted by Crippen LogP contribution is 2.48. The number of carbonyl (C=O) groups excluding carboxylic acids is 2. The normalized spacial score (nSPS) is 38.2. The predicted molar refractivity (Wildman–Crippen MR) is 53.9 cm³/mol.